The number of piperazine rings is 1. The molecule has 0 amide bonds. The Morgan fingerprint density at radius 1 is 0.979 bits per heavy atom. The Labute approximate surface area is 302 Å². The zero-order valence-corrected chi connectivity index (χ0v) is 32.0. The topological polar surface area (TPSA) is 93.1 Å². The number of fused-ring (bicyclic) bond motifs is 1. The summed E-state index contributed by atoms with van der Waals surface area (Å²) >= 11 is 3.95. The van der Waals surface area contributed by atoms with Crippen molar-refractivity contribution < 1.29 is 4.74 Å². The first-order chi connectivity index (χ1) is 23.2. The van der Waals surface area contributed by atoms with E-state index in [2.05, 4.69) is 81.1 Å². The van der Waals surface area contributed by atoms with Crippen LogP contribution < -0.4 is 22.0 Å². The van der Waals surface area contributed by atoms with Crippen LogP contribution in [-0.2, 0) is 6.42 Å². The SMILES string of the molecule is CCc1cc(N(C)c2ncc(C)c(N(I)c3ccc4nccnc4c3N(C)SC)n2)c(OC)nc1N1CCC(N2CCN(C)CC2)CC1. The number of aryl methyl sites for hydroxylation is 2. The van der Waals surface area contributed by atoms with E-state index in [4.69, 9.17) is 19.7 Å². The maximum absolute atomic E-state index is 5.93. The van der Waals surface area contributed by atoms with Crippen molar-refractivity contribution in [1.29, 1.82) is 0 Å². The molecule has 256 valence electrons. The van der Waals surface area contributed by atoms with Crippen LogP contribution in [0.1, 0.15) is 30.9 Å². The van der Waals surface area contributed by atoms with Crippen molar-refractivity contribution in [2.45, 2.75) is 39.2 Å². The van der Waals surface area contributed by atoms with E-state index in [9.17, 15) is 0 Å². The van der Waals surface area contributed by atoms with Crippen LogP contribution in [0.15, 0.2) is 36.8 Å². The van der Waals surface area contributed by atoms with E-state index < -0.39 is 0 Å². The quantitative estimate of drug-likeness (QED) is 0.109. The summed E-state index contributed by atoms with van der Waals surface area (Å²) in [5, 5.41) is 0. The molecule has 2 fully saturated rings. The Morgan fingerprint density at radius 3 is 2.40 bits per heavy atom. The lowest BCUT2D eigenvalue weighted by atomic mass is 10.0. The van der Waals surface area contributed by atoms with Crippen LogP contribution in [0.5, 0.6) is 5.88 Å². The standard InChI is InChI=1S/C34H46IN11OS/c1-8-24-21-28(33(47-6)39-32(24)45-15-11-25(12-16-45)44-19-17-41(3)18-20-44)42(4)34-38-22-23(2)31(40-34)46(35)27-10-9-26-29(37-14-13-36-26)30(27)43(5)48-7/h9-10,13-14,21-22,25H,8,11-12,15-20H2,1-7H3. The van der Waals surface area contributed by atoms with Crippen molar-refractivity contribution in [1.82, 2.24) is 34.7 Å². The van der Waals surface area contributed by atoms with Crippen LogP contribution in [0, 0.1) is 6.92 Å². The fraction of sp³-hybridized carbons (Fsp3) is 0.500. The van der Waals surface area contributed by atoms with Crippen molar-refractivity contribution in [2.75, 3.05) is 91.0 Å². The van der Waals surface area contributed by atoms with E-state index in [0.717, 1.165) is 90.7 Å². The number of aromatic nitrogens is 5. The van der Waals surface area contributed by atoms with Crippen molar-refractivity contribution in [3.05, 3.63) is 47.9 Å². The zero-order valence-electron chi connectivity index (χ0n) is 29.0. The third-order valence-electron chi connectivity index (χ3n) is 9.59. The van der Waals surface area contributed by atoms with Crippen LogP contribution in [0.2, 0.25) is 0 Å². The number of rotatable bonds is 10. The summed E-state index contributed by atoms with van der Waals surface area (Å²) in [5.41, 5.74) is 6.60. The van der Waals surface area contributed by atoms with Crippen molar-refractivity contribution in [3.8, 4) is 5.88 Å². The van der Waals surface area contributed by atoms with Gasteiger partial charge in [0.1, 0.15) is 17.0 Å². The van der Waals surface area contributed by atoms with Gasteiger partial charge in [0, 0.05) is 89.8 Å². The molecule has 2 saturated heterocycles. The molecule has 4 aromatic rings. The highest BCUT2D eigenvalue weighted by atomic mass is 127. The molecule has 2 aliphatic heterocycles. The number of hydrogen-bond donors (Lipinski definition) is 0. The molecule has 12 nitrogen and oxygen atoms in total. The average molecular weight is 784 g/mol. The lowest BCUT2D eigenvalue weighted by molar-refractivity contribution is 0.0981. The molecule has 2 aliphatic rings. The first-order valence-electron chi connectivity index (χ1n) is 16.5. The number of methoxy groups -OCH3 is 1. The van der Waals surface area contributed by atoms with Crippen LogP contribution in [0.3, 0.4) is 0 Å². The second-order valence-electron chi connectivity index (χ2n) is 12.5. The van der Waals surface area contributed by atoms with Crippen LogP contribution in [0.4, 0.5) is 34.6 Å². The summed E-state index contributed by atoms with van der Waals surface area (Å²) in [6.45, 7) is 10.9. The molecule has 1 aromatic carbocycles. The van der Waals surface area contributed by atoms with E-state index in [1.165, 1.54) is 18.7 Å². The third-order valence-corrected chi connectivity index (χ3v) is 11.3. The van der Waals surface area contributed by atoms with E-state index >= 15 is 0 Å². The monoisotopic (exact) mass is 783 g/mol. The van der Waals surface area contributed by atoms with Gasteiger partial charge in [-0.05, 0) is 57.0 Å². The second-order valence-corrected chi connectivity index (χ2v) is 14.3. The first kappa shape index (κ1) is 34.6. The Bertz CT molecular complexity index is 1730. The zero-order chi connectivity index (χ0) is 33.9. The maximum atomic E-state index is 5.93. The van der Waals surface area contributed by atoms with E-state index in [1.54, 1.807) is 31.5 Å². The van der Waals surface area contributed by atoms with Gasteiger partial charge in [0.05, 0.1) is 46.9 Å². The number of piperidine rings is 1. The van der Waals surface area contributed by atoms with Gasteiger partial charge in [-0.3, -0.25) is 18.0 Å². The number of pyridine rings is 1. The summed E-state index contributed by atoms with van der Waals surface area (Å²) in [5.74, 6) is 2.94. The predicted molar refractivity (Wildman–Crippen MR) is 207 cm³/mol. The highest BCUT2D eigenvalue weighted by Gasteiger charge is 2.29. The van der Waals surface area contributed by atoms with Crippen LogP contribution in [-0.4, -0.2) is 115 Å². The predicted octanol–water partition coefficient (Wildman–Crippen LogP) is 5.88. The summed E-state index contributed by atoms with van der Waals surface area (Å²) in [4.78, 5) is 33.7. The molecule has 0 radical (unpaired) electrons. The third kappa shape index (κ3) is 6.94. The summed E-state index contributed by atoms with van der Waals surface area (Å²) in [6.07, 6.45) is 10.6. The van der Waals surface area contributed by atoms with Gasteiger partial charge in [-0.2, -0.15) is 9.97 Å². The molecule has 0 unspecified atom stereocenters. The number of nitrogens with zero attached hydrogens (tertiary/aromatic N) is 11. The molecule has 0 N–H and O–H groups in total. The maximum Gasteiger partial charge on any atom is 0.239 e. The fourth-order valence-corrected chi connectivity index (χ4v) is 7.89. The number of ether oxygens (including phenoxy) is 1. The van der Waals surface area contributed by atoms with Gasteiger partial charge in [0.15, 0.2) is 5.82 Å². The average Bonchev–Trinajstić information content (AvgIpc) is 3.13. The van der Waals surface area contributed by atoms with E-state index in [-0.39, 0.29) is 0 Å². The minimum absolute atomic E-state index is 0.556. The Balaban J connectivity index is 1.28. The van der Waals surface area contributed by atoms with Crippen molar-refractivity contribution >= 4 is 80.5 Å². The van der Waals surface area contributed by atoms with Crippen LogP contribution >= 0.6 is 34.8 Å². The summed E-state index contributed by atoms with van der Waals surface area (Å²) in [7, 11) is 7.93. The van der Waals surface area contributed by atoms with E-state index in [1.807, 2.05) is 44.4 Å². The number of benzene rings is 1. The molecule has 14 heteroatoms. The van der Waals surface area contributed by atoms with Gasteiger partial charge in [-0.15, -0.1) is 0 Å². The molecule has 0 bridgehead atoms. The Hall–Kier alpha value is -3.21. The normalized spacial score (nSPS) is 16.4. The fourth-order valence-electron chi connectivity index (χ4n) is 6.65. The molecule has 0 atom stereocenters. The summed E-state index contributed by atoms with van der Waals surface area (Å²) in [6, 6.07) is 6.93. The molecular weight excluding hydrogens is 737 g/mol. The molecule has 0 aliphatic carbocycles. The highest BCUT2D eigenvalue weighted by Crippen LogP contribution is 2.43. The highest BCUT2D eigenvalue weighted by molar-refractivity contribution is 14.1. The Kier molecular flexibility index (Phi) is 10.9. The molecule has 48 heavy (non-hydrogen) atoms. The van der Waals surface area contributed by atoms with Gasteiger partial charge >= 0.3 is 0 Å². The number of anilines is 6. The Morgan fingerprint density at radius 2 is 1.71 bits per heavy atom. The first-order valence-corrected chi connectivity index (χ1v) is 18.7. The minimum atomic E-state index is 0.556. The smallest absolute Gasteiger partial charge is 0.239 e. The molecule has 5 heterocycles. The van der Waals surface area contributed by atoms with Crippen molar-refractivity contribution in [2.24, 2.45) is 0 Å². The van der Waals surface area contributed by atoms with E-state index in [0.29, 0.717) is 17.9 Å². The number of likely N-dealkylation sites (N-methyl/N-ethyl adjacent to an activating group) is 1. The number of halogens is 1. The molecule has 6 rings (SSSR count). The number of hydrogen-bond acceptors (Lipinski definition) is 13. The second kappa shape index (κ2) is 15.1. The lowest BCUT2D eigenvalue weighted by Crippen LogP contribution is -2.52. The van der Waals surface area contributed by atoms with Crippen molar-refractivity contribution in [3.63, 3.8) is 0 Å². The molecular formula is C34H46IN11OS. The van der Waals surface area contributed by atoms with Gasteiger partial charge < -0.3 is 23.7 Å². The largest absolute Gasteiger partial charge is 0.479 e. The van der Waals surface area contributed by atoms with Gasteiger partial charge in [-0.1, -0.05) is 18.9 Å². The van der Waals surface area contributed by atoms with Crippen LogP contribution in [0.25, 0.3) is 11.0 Å². The molecule has 3 aromatic heterocycles. The van der Waals surface area contributed by atoms with Gasteiger partial charge in [0.25, 0.3) is 0 Å². The summed E-state index contributed by atoms with van der Waals surface area (Å²) < 4.78 is 10.1. The molecule has 0 spiro atoms. The van der Waals surface area contributed by atoms with Gasteiger partial charge in [-0.25, -0.2) is 4.98 Å². The lowest BCUT2D eigenvalue weighted by Gasteiger charge is -2.42. The minimum Gasteiger partial charge on any atom is -0.479 e. The van der Waals surface area contributed by atoms with Gasteiger partial charge in [0.2, 0.25) is 11.8 Å². The molecule has 0 saturated carbocycles.